The molecule has 3 aliphatic rings. The number of amides is 1. The van der Waals surface area contributed by atoms with Crippen molar-refractivity contribution in [1.29, 1.82) is 0 Å². The van der Waals surface area contributed by atoms with Crippen LogP contribution in [0, 0.1) is 23.6 Å². The lowest BCUT2D eigenvalue weighted by atomic mass is 10.2. The number of halogens is 1. The summed E-state index contributed by atoms with van der Waals surface area (Å²) in [7, 11) is 0. The Morgan fingerprint density at radius 3 is 2.59 bits per heavy atom. The van der Waals surface area contributed by atoms with Crippen molar-refractivity contribution in [2.24, 2.45) is 17.8 Å². The number of piperidine rings is 1. The van der Waals surface area contributed by atoms with Crippen molar-refractivity contribution in [3.8, 4) is 5.06 Å². The van der Waals surface area contributed by atoms with Crippen molar-refractivity contribution in [3.63, 3.8) is 0 Å². The Balaban J connectivity index is 1.14. The summed E-state index contributed by atoms with van der Waals surface area (Å²) < 4.78 is 26.3. The van der Waals surface area contributed by atoms with Crippen molar-refractivity contribution in [1.82, 2.24) is 4.90 Å². The van der Waals surface area contributed by atoms with E-state index in [4.69, 9.17) is 9.47 Å². The van der Waals surface area contributed by atoms with E-state index >= 15 is 4.39 Å². The number of carbonyl (C=O) groups is 1. The summed E-state index contributed by atoms with van der Waals surface area (Å²) in [5.74, 6) is 1.22. The Labute approximate surface area is 225 Å². The highest BCUT2D eigenvalue weighted by molar-refractivity contribution is 7.12. The zero-order valence-electron chi connectivity index (χ0n) is 21.0. The smallest absolute Gasteiger partial charge is 0.399 e. The SMILES string of the molecule is CCc1ccc(CN2CC3C(C2)C3CN(C(=O)Oc2cccs2)c2ccc(N3CCOCC3)c(F)c2)s1. The van der Waals surface area contributed by atoms with E-state index in [-0.39, 0.29) is 5.82 Å². The summed E-state index contributed by atoms with van der Waals surface area (Å²) >= 11 is 3.28. The van der Waals surface area contributed by atoms with Gasteiger partial charge in [0.2, 0.25) is 0 Å². The van der Waals surface area contributed by atoms with E-state index in [1.54, 1.807) is 17.0 Å². The fourth-order valence-corrected chi connectivity index (χ4v) is 7.31. The number of rotatable bonds is 8. The minimum atomic E-state index is -0.450. The number of likely N-dealkylation sites (tertiary alicyclic amines) is 1. The van der Waals surface area contributed by atoms with E-state index in [1.165, 1.54) is 27.2 Å². The molecular weight excluding hydrogens is 509 g/mol. The number of anilines is 2. The molecule has 2 aliphatic heterocycles. The molecule has 37 heavy (non-hydrogen) atoms. The Morgan fingerprint density at radius 2 is 1.92 bits per heavy atom. The molecule has 0 N–H and O–H groups in total. The molecule has 2 unspecified atom stereocenters. The zero-order chi connectivity index (χ0) is 25.4. The minimum absolute atomic E-state index is 0.321. The molecule has 0 bridgehead atoms. The first-order valence-corrected chi connectivity index (χ1v) is 14.7. The van der Waals surface area contributed by atoms with E-state index < -0.39 is 6.09 Å². The summed E-state index contributed by atoms with van der Waals surface area (Å²) in [5.41, 5.74) is 1.10. The van der Waals surface area contributed by atoms with Crippen LogP contribution in [0.4, 0.5) is 20.6 Å². The first-order valence-electron chi connectivity index (χ1n) is 13.0. The van der Waals surface area contributed by atoms with Gasteiger partial charge in [-0.15, -0.1) is 22.7 Å². The lowest BCUT2D eigenvalue weighted by Crippen LogP contribution is -2.38. The number of hydrogen-bond acceptors (Lipinski definition) is 7. The van der Waals surface area contributed by atoms with Gasteiger partial charge in [-0.05, 0) is 72.0 Å². The Morgan fingerprint density at radius 1 is 1.14 bits per heavy atom. The third kappa shape index (κ3) is 5.41. The molecule has 0 radical (unpaired) electrons. The van der Waals surface area contributed by atoms with Gasteiger partial charge in [0.1, 0.15) is 5.82 Å². The summed E-state index contributed by atoms with van der Waals surface area (Å²) in [4.78, 5) is 22.3. The van der Waals surface area contributed by atoms with Crippen LogP contribution in [0.3, 0.4) is 0 Å². The maximum Gasteiger partial charge on any atom is 0.420 e. The molecule has 3 aromatic rings. The van der Waals surface area contributed by atoms with Crippen molar-refractivity contribution in [3.05, 3.63) is 63.4 Å². The number of ether oxygens (including phenoxy) is 2. The molecule has 2 atom stereocenters. The Kier molecular flexibility index (Phi) is 7.20. The number of hydrogen-bond donors (Lipinski definition) is 0. The van der Waals surface area contributed by atoms with Crippen molar-refractivity contribution in [2.45, 2.75) is 19.9 Å². The third-order valence-electron chi connectivity index (χ3n) is 7.78. The Bertz CT molecular complexity index is 1220. The van der Waals surface area contributed by atoms with E-state index in [2.05, 4.69) is 24.0 Å². The maximum atomic E-state index is 15.2. The molecule has 9 heteroatoms. The third-order valence-corrected chi connectivity index (χ3v) is 9.74. The topological polar surface area (TPSA) is 45.2 Å². The first kappa shape index (κ1) is 24.9. The normalized spacial score (nSPS) is 23.2. The van der Waals surface area contributed by atoms with Crippen LogP contribution in [0.5, 0.6) is 5.06 Å². The van der Waals surface area contributed by atoms with Crippen LogP contribution < -0.4 is 14.5 Å². The van der Waals surface area contributed by atoms with Gasteiger partial charge in [0.05, 0.1) is 24.6 Å². The first-order chi connectivity index (χ1) is 18.1. The largest absolute Gasteiger partial charge is 0.420 e. The van der Waals surface area contributed by atoms with Gasteiger partial charge in [-0.2, -0.15) is 0 Å². The molecule has 196 valence electrons. The zero-order valence-corrected chi connectivity index (χ0v) is 22.6. The number of nitrogens with zero attached hydrogens (tertiary/aromatic N) is 3. The molecule has 1 aliphatic carbocycles. The second kappa shape index (κ2) is 10.7. The van der Waals surface area contributed by atoms with Crippen molar-refractivity contribution >= 4 is 40.1 Å². The molecule has 4 heterocycles. The predicted octanol–water partition coefficient (Wildman–Crippen LogP) is 5.73. The molecular formula is C28H32FN3O3S2. The number of morpholine rings is 1. The van der Waals surface area contributed by atoms with Crippen LogP contribution in [0.25, 0.3) is 0 Å². The maximum absolute atomic E-state index is 15.2. The highest BCUT2D eigenvalue weighted by Gasteiger charge is 2.56. The lowest BCUT2D eigenvalue weighted by Gasteiger charge is -2.30. The molecule has 6 nitrogen and oxygen atoms in total. The second-order valence-corrected chi connectivity index (χ2v) is 12.2. The van der Waals surface area contributed by atoms with Crippen LogP contribution in [-0.2, 0) is 17.7 Å². The number of thiophene rings is 2. The quantitative estimate of drug-likeness (QED) is 0.364. The number of benzene rings is 1. The molecule has 1 saturated carbocycles. The highest BCUT2D eigenvalue weighted by Crippen LogP contribution is 2.52. The summed E-state index contributed by atoms with van der Waals surface area (Å²) in [5, 5.41) is 2.42. The summed E-state index contributed by atoms with van der Waals surface area (Å²) in [6.45, 7) is 8.34. The molecule has 2 saturated heterocycles. The van der Waals surface area contributed by atoms with Gasteiger partial charge in [-0.3, -0.25) is 9.80 Å². The number of aryl methyl sites for hydroxylation is 1. The fraction of sp³-hybridized carbons (Fsp3) is 0.464. The predicted molar refractivity (Wildman–Crippen MR) is 147 cm³/mol. The van der Waals surface area contributed by atoms with Crippen LogP contribution in [0.1, 0.15) is 16.7 Å². The second-order valence-electron chi connectivity index (χ2n) is 10.1. The molecule has 1 amide bonds. The number of carbonyl (C=O) groups excluding carboxylic acids is 1. The average Bonchev–Trinajstić information content (AvgIpc) is 3.41. The standard InChI is InChI=1S/C28H32FN3O3S2/c1-2-20-6-7-21(37-20)15-30-16-22-23(17-30)24(22)18-32(28(33)35-27-4-3-13-36-27)19-5-8-26(25(29)14-19)31-9-11-34-12-10-31/h3-8,13-14,22-24H,2,9-12,15-18H2,1H3. The highest BCUT2D eigenvalue weighted by atomic mass is 32.1. The monoisotopic (exact) mass is 541 g/mol. The van der Waals surface area contributed by atoms with E-state index in [1.807, 2.05) is 33.7 Å². The summed E-state index contributed by atoms with van der Waals surface area (Å²) in [6.07, 6.45) is 0.636. The van der Waals surface area contributed by atoms with E-state index in [0.717, 1.165) is 26.1 Å². The van der Waals surface area contributed by atoms with Crippen molar-refractivity contribution in [2.75, 3.05) is 55.7 Å². The van der Waals surface area contributed by atoms with Crippen LogP contribution in [0.15, 0.2) is 47.8 Å². The Hall–Kier alpha value is -2.46. The van der Waals surface area contributed by atoms with E-state index in [9.17, 15) is 4.79 Å². The van der Waals surface area contributed by atoms with Crippen molar-refractivity contribution < 1.29 is 18.7 Å². The summed E-state index contributed by atoms with van der Waals surface area (Å²) in [6, 6.07) is 13.2. The van der Waals surface area contributed by atoms with Crippen LogP contribution >= 0.6 is 22.7 Å². The molecule has 0 spiro atoms. The molecule has 3 fully saturated rings. The van der Waals surface area contributed by atoms with E-state index in [0.29, 0.717) is 67.0 Å². The average molecular weight is 542 g/mol. The molecule has 1 aromatic carbocycles. The van der Waals surface area contributed by atoms with Crippen LogP contribution in [-0.4, -0.2) is 56.9 Å². The van der Waals surface area contributed by atoms with Gasteiger partial charge in [-0.1, -0.05) is 6.92 Å². The van der Waals surface area contributed by atoms with Gasteiger partial charge in [0.25, 0.3) is 0 Å². The lowest BCUT2D eigenvalue weighted by molar-refractivity contribution is 0.122. The number of fused-ring (bicyclic) bond motifs is 1. The van der Waals surface area contributed by atoms with Gasteiger partial charge >= 0.3 is 6.09 Å². The molecule has 2 aromatic heterocycles. The van der Waals surface area contributed by atoms with Gasteiger partial charge in [0.15, 0.2) is 5.06 Å². The van der Waals surface area contributed by atoms with Crippen LogP contribution in [0.2, 0.25) is 0 Å². The van der Waals surface area contributed by atoms with Gasteiger partial charge in [0, 0.05) is 49.0 Å². The van der Waals surface area contributed by atoms with Gasteiger partial charge < -0.3 is 14.4 Å². The molecule has 6 rings (SSSR count). The van der Waals surface area contributed by atoms with Gasteiger partial charge in [-0.25, -0.2) is 9.18 Å². The fourth-order valence-electron chi connectivity index (χ4n) is 5.74. The minimum Gasteiger partial charge on any atom is -0.399 e.